The van der Waals surface area contributed by atoms with Crippen LogP contribution in [0.4, 0.5) is 0 Å². The van der Waals surface area contributed by atoms with Crippen molar-refractivity contribution in [3.63, 3.8) is 0 Å². The molecule has 0 saturated heterocycles. The molecule has 0 bridgehead atoms. The van der Waals surface area contributed by atoms with Gasteiger partial charge >= 0.3 is 0 Å². The summed E-state index contributed by atoms with van der Waals surface area (Å²) in [6, 6.07) is 14.1. The summed E-state index contributed by atoms with van der Waals surface area (Å²) in [6.07, 6.45) is 4.80. The number of likely N-dealkylation sites (N-methyl/N-ethyl adjacent to an activating group) is 1. The topological polar surface area (TPSA) is 45.6 Å². The number of halogens is 1. The van der Waals surface area contributed by atoms with Gasteiger partial charge in [0, 0.05) is 43.5 Å². The average Bonchev–Trinajstić information content (AvgIpc) is 3.35. The van der Waals surface area contributed by atoms with Crippen molar-refractivity contribution in [1.29, 1.82) is 0 Å². The van der Waals surface area contributed by atoms with Crippen molar-refractivity contribution in [2.24, 2.45) is 4.99 Å². The van der Waals surface area contributed by atoms with E-state index in [2.05, 4.69) is 52.3 Å². The molecule has 0 amide bonds. The number of amidine groups is 1. The summed E-state index contributed by atoms with van der Waals surface area (Å²) in [5.74, 6) is 1.17. The highest BCUT2D eigenvalue weighted by Crippen LogP contribution is 2.24. The molecule has 0 fully saturated rings. The predicted octanol–water partition coefficient (Wildman–Crippen LogP) is 4.97. The minimum absolute atomic E-state index is 0.119. The van der Waals surface area contributed by atoms with Gasteiger partial charge in [0.25, 0.3) is 0 Å². The second kappa shape index (κ2) is 8.25. The number of hydrogen-bond acceptors (Lipinski definition) is 5. The SMILES string of the molecule is CN1CCN=C1c1ccc(-c2cncc(CCC(=O)c3ccc(Cl)s3)c2)cc1. The highest BCUT2D eigenvalue weighted by molar-refractivity contribution is 7.18. The first-order valence-electron chi connectivity index (χ1n) is 9.19. The maximum absolute atomic E-state index is 12.3. The van der Waals surface area contributed by atoms with E-state index in [1.165, 1.54) is 11.3 Å². The highest BCUT2D eigenvalue weighted by Gasteiger charge is 2.14. The Morgan fingerprint density at radius 1 is 1.11 bits per heavy atom. The van der Waals surface area contributed by atoms with Crippen molar-refractivity contribution in [3.05, 3.63) is 75.2 Å². The van der Waals surface area contributed by atoms with Crippen LogP contribution in [0.2, 0.25) is 4.34 Å². The molecular weight excluding hydrogens is 390 g/mol. The van der Waals surface area contributed by atoms with Gasteiger partial charge in [0.1, 0.15) is 5.84 Å². The number of aromatic nitrogens is 1. The second-order valence-corrected chi connectivity index (χ2v) is 8.53. The standard InChI is InChI=1S/C22H20ClN3OS/c1-26-11-10-25-22(26)17-5-3-16(4-6-17)18-12-15(13-24-14-18)2-7-19(27)20-8-9-21(23)28-20/h3-6,8-9,12-14H,2,7,10-11H2,1H3. The number of thiophene rings is 1. The molecule has 4 rings (SSSR count). The zero-order valence-electron chi connectivity index (χ0n) is 15.6. The van der Waals surface area contributed by atoms with Gasteiger partial charge in [-0.15, -0.1) is 11.3 Å². The Morgan fingerprint density at radius 3 is 2.57 bits per heavy atom. The van der Waals surface area contributed by atoms with Crippen molar-refractivity contribution >= 4 is 34.6 Å². The monoisotopic (exact) mass is 409 g/mol. The molecule has 3 heterocycles. The molecule has 3 aromatic rings. The smallest absolute Gasteiger partial charge is 0.173 e. The van der Waals surface area contributed by atoms with Crippen LogP contribution in [0.3, 0.4) is 0 Å². The fourth-order valence-corrected chi connectivity index (χ4v) is 4.29. The van der Waals surface area contributed by atoms with Crippen LogP contribution in [0.5, 0.6) is 0 Å². The van der Waals surface area contributed by atoms with E-state index in [-0.39, 0.29) is 5.78 Å². The van der Waals surface area contributed by atoms with Gasteiger partial charge in [-0.05, 0) is 35.7 Å². The molecule has 0 unspecified atom stereocenters. The number of aliphatic imine (C=N–C) groups is 1. The van der Waals surface area contributed by atoms with Gasteiger partial charge in [-0.3, -0.25) is 14.8 Å². The summed E-state index contributed by atoms with van der Waals surface area (Å²) in [6.45, 7) is 1.83. The molecule has 1 aliphatic rings. The third-order valence-electron chi connectivity index (χ3n) is 4.82. The molecule has 6 heteroatoms. The van der Waals surface area contributed by atoms with Crippen molar-refractivity contribution in [2.75, 3.05) is 20.1 Å². The molecule has 0 spiro atoms. The minimum atomic E-state index is 0.119. The van der Waals surface area contributed by atoms with Gasteiger partial charge in [0.2, 0.25) is 0 Å². The number of nitrogens with zero attached hydrogens (tertiary/aromatic N) is 3. The minimum Gasteiger partial charge on any atom is -0.358 e. The first kappa shape index (κ1) is 18.8. The molecule has 0 aliphatic carbocycles. The molecule has 0 N–H and O–H groups in total. The van der Waals surface area contributed by atoms with Gasteiger partial charge in [-0.2, -0.15) is 0 Å². The summed E-state index contributed by atoms with van der Waals surface area (Å²) in [7, 11) is 2.07. The van der Waals surface area contributed by atoms with E-state index in [1.54, 1.807) is 12.1 Å². The lowest BCUT2D eigenvalue weighted by Gasteiger charge is -2.14. The van der Waals surface area contributed by atoms with E-state index < -0.39 is 0 Å². The third-order valence-corrected chi connectivity index (χ3v) is 6.09. The van der Waals surface area contributed by atoms with E-state index >= 15 is 0 Å². The number of carbonyl (C=O) groups excluding carboxylic acids is 1. The zero-order valence-corrected chi connectivity index (χ0v) is 17.1. The number of pyridine rings is 1. The molecular formula is C22H20ClN3OS. The normalized spacial score (nSPS) is 13.6. The summed E-state index contributed by atoms with van der Waals surface area (Å²) in [5.41, 5.74) is 4.35. The van der Waals surface area contributed by atoms with E-state index in [0.717, 1.165) is 41.2 Å². The number of rotatable bonds is 6. The zero-order chi connectivity index (χ0) is 19.5. The van der Waals surface area contributed by atoms with Crippen LogP contribution in [0.15, 0.2) is 59.9 Å². The van der Waals surface area contributed by atoms with Gasteiger partial charge in [-0.1, -0.05) is 35.9 Å². The van der Waals surface area contributed by atoms with Crippen molar-refractivity contribution in [1.82, 2.24) is 9.88 Å². The van der Waals surface area contributed by atoms with Crippen molar-refractivity contribution in [3.8, 4) is 11.1 Å². The second-order valence-electron chi connectivity index (χ2n) is 6.81. The molecule has 4 nitrogen and oxygen atoms in total. The molecule has 0 radical (unpaired) electrons. The Morgan fingerprint density at radius 2 is 1.89 bits per heavy atom. The number of carbonyl (C=O) groups is 1. The molecule has 142 valence electrons. The maximum Gasteiger partial charge on any atom is 0.173 e. The summed E-state index contributed by atoms with van der Waals surface area (Å²) >= 11 is 7.25. The van der Waals surface area contributed by atoms with Gasteiger partial charge in [0.05, 0.1) is 15.8 Å². The van der Waals surface area contributed by atoms with Crippen LogP contribution >= 0.6 is 22.9 Å². The molecule has 1 aliphatic heterocycles. The first-order valence-corrected chi connectivity index (χ1v) is 10.4. The highest BCUT2D eigenvalue weighted by atomic mass is 35.5. The molecule has 1 aromatic carbocycles. The van der Waals surface area contributed by atoms with Crippen LogP contribution in [0.25, 0.3) is 11.1 Å². The lowest BCUT2D eigenvalue weighted by molar-refractivity contribution is 0.0986. The van der Waals surface area contributed by atoms with E-state index in [1.807, 2.05) is 12.4 Å². The quantitative estimate of drug-likeness (QED) is 0.540. The Labute approximate surface area is 173 Å². The van der Waals surface area contributed by atoms with Crippen LogP contribution in [-0.2, 0) is 6.42 Å². The molecule has 2 aromatic heterocycles. The Bertz CT molecular complexity index is 1030. The van der Waals surface area contributed by atoms with Crippen LogP contribution < -0.4 is 0 Å². The Hall–Kier alpha value is -2.50. The van der Waals surface area contributed by atoms with Crippen molar-refractivity contribution in [2.45, 2.75) is 12.8 Å². The van der Waals surface area contributed by atoms with Crippen LogP contribution in [-0.4, -0.2) is 41.6 Å². The molecule has 0 saturated carbocycles. The fraction of sp³-hybridized carbons (Fsp3) is 0.227. The molecule has 0 atom stereocenters. The summed E-state index contributed by atoms with van der Waals surface area (Å²) in [4.78, 5) is 24.1. The predicted molar refractivity (Wildman–Crippen MR) is 116 cm³/mol. The number of aryl methyl sites for hydroxylation is 1. The summed E-state index contributed by atoms with van der Waals surface area (Å²) < 4.78 is 0.644. The lowest BCUT2D eigenvalue weighted by atomic mass is 10.0. The number of Topliss-reactive ketones (excluding diaryl/α,β-unsaturated/α-hetero) is 1. The Balaban J connectivity index is 1.45. The summed E-state index contributed by atoms with van der Waals surface area (Å²) in [5, 5.41) is 0. The van der Waals surface area contributed by atoms with Crippen LogP contribution in [0, 0.1) is 0 Å². The largest absolute Gasteiger partial charge is 0.358 e. The number of ketones is 1. The lowest BCUT2D eigenvalue weighted by Crippen LogP contribution is -2.23. The number of benzene rings is 1. The van der Waals surface area contributed by atoms with E-state index in [4.69, 9.17) is 11.6 Å². The Kier molecular flexibility index (Phi) is 5.55. The molecule has 28 heavy (non-hydrogen) atoms. The van der Waals surface area contributed by atoms with Gasteiger partial charge < -0.3 is 4.90 Å². The van der Waals surface area contributed by atoms with Crippen LogP contribution in [0.1, 0.15) is 27.2 Å². The first-order chi connectivity index (χ1) is 13.6. The third kappa shape index (κ3) is 4.16. The van der Waals surface area contributed by atoms with Crippen molar-refractivity contribution < 1.29 is 4.79 Å². The number of hydrogen-bond donors (Lipinski definition) is 0. The van der Waals surface area contributed by atoms with E-state index in [9.17, 15) is 4.79 Å². The fourth-order valence-electron chi connectivity index (χ4n) is 3.28. The maximum atomic E-state index is 12.3. The van der Waals surface area contributed by atoms with Gasteiger partial charge in [-0.25, -0.2) is 0 Å². The average molecular weight is 410 g/mol. The van der Waals surface area contributed by atoms with Gasteiger partial charge in [0.15, 0.2) is 5.78 Å². The van der Waals surface area contributed by atoms with E-state index in [0.29, 0.717) is 22.1 Å².